The average molecular weight is 353 g/mol. The summed E-state index contributed by atoms with van der Waals surface area (Å²) in [6.45, 7) is 4.11. The average Bonchev–Trinajstić information content (AvgIpc) is 3.07. The lowest BCUT2D eigenvalue weighted by Gasteiger charge is -2.26. The molecule has 2 atom stereocenters. The molecule has 1 aromatic carbocycles. The molecular weight excluding hydrogens is 328 g/mol. The number of hydrogen-bond donors (Lipinski definition) is 1. The van der Waals surface area contributed by atoms with Crippen LogP contribution in [0.5, 0.6) is 0 Å². The van der Waals surface area contributed by atoms with Gasteiger partial charge in [0.25, 0.3) is 0 Å². The molecule has 2 fully saturated rings. The molecule has 0 spiro atoms. The van der Waals surface area contributed by atoms with Crippen molar-refractivity contribution >= 4 is 30.0 Å². The van der Waals surface area contributed by atoms with Gasteiger partial charge in [-0.15, -0.1) is 12.4 Å². The van der Waals surface area contributed by atoms with Gasteiger partial charge in [-0.3, -0.25) is 14.5 Å². The Labute approximate surface area is 149 Å². The van der Waals surface area contributed by atoms with Crippen LogP contribution in [0.4, 0.5) is 5.69 Å². The Morgan fingerprint density at radius 2 is 2.04 bits per heavy atom. The molecule has 0 aromatic heterocycles. The van der Waals surface area contributed by atoms with E-state index in [2.05, 4.69) is 0 Å². The zero-order valence-corrected chi connectivity index (χ0v) is 14.8. The molecule has 1 saturated heterocycles. The van der Waals surface area contributed by atoms with Crippen LogP contribution in [0.2, 0.25) is 0 Å². The van der Waals surface area contributed by atoms with Gasteiger partial charge in [-0.1, -0.05) is 24.6 Å². The minimum absolute atomic E-state index is 0. The van der Waals surface area contributed by atoms with Crippen LogP contribution in [0.15, 0.2) is 30.3 Å². The van der Waals surface area contributed by atoms with E-state index in [9.17, 15) is 14.7 Å². The van der Waals surface area contributed by atoms with Gasteiger partial charge >= 0.3 is 5.97 Å². The molecule has 0 unspecified atom stereocenters. The van der Waals surface area contributed by atoms with Crippen molar-refractivity contribution in [3.8, 4) is 0 Å². The number of carboxylic acids is 1. The topological polar surface area (TPSA) is 60.9 Å². The van der Waals surface area contributed by atoms with Crippen molar-refractivity contribution in [2.45, 2.75) is 26.2 Å². The van der Waals surface area contributed by atoms with Crippen LogP contribution < -0.4 is 4.90 Å². The first-order valence-electron chi connectivity index (χ1n) is 8.38. The number of benzene rings is 1. The number of carboxylic acid groups (broad SMARTS) is 1. The zero-order chi connectivity index (χ0) is 16.4. The van der Waals surface area contributed by atoms with E-state index in [1.807, 2.05) is 42.2 Å². The van der Waals surface area contributed by atoms with Crippen molar-refractivity contribution in [1.82, 2.24) is 4.90 Å². The quantitative estimate of drug-likeness (QED) is 0.885. The van der Waals surface area contributed by atoms with E-state index in [-0.39, 0.29) is 24.2 Å². The highest BCUT2D eigenvalue weighted by Crippen LogP contribution is 2.48. The highest BCUT2D eigenvalue weighted by molar-refractivity contribution is 5.94. The maximum atomic E-state index is 12.7. The van der Waals surface area contributed by atoms with Gasteiger partial charge in [0, 0.05) is 25.3 Å². The molecule has 3 rings (SSSR count). The summed E-state index contributed by atoms with van der Waals surface area (Å²) in [5.41, 5.74) is 0.275. The summed E-state index contributed by atoms with van der Waals surface area (Å²) in [6.07, 6.45) is 2.70. The normalized spacial score (nSPS) is 25.8. The molecule has 5 nitrogen and oxygen atoms in total. The Morgan fingerprint density at radius 1 is 1.33 bits per heavy atom. The second-order valence-corrected chi connectivity index (χ2v) is 6.69. The number of fused-ring (bicyclic) bond motifs is 1. The molecule has 0 radical (unpaired) electrons. The third-order valence-corrected chi connectivity index (χ3v) is 5.41. The van der Waals surface area contributed by atoms with E-state index in [1.54, 1.807) is 4.90 Å². The summed E-state index contributed by atoms with van der Waals surface area (Å²) in [5, 5.41) is 9.64. The van der Waals surface area contributed by atoms with Gasteiger partial charge in [0.2, 0.25) is 5.91 Å². The maximum absolute atomic E-state index is 12.7. The fourth-order valence-corrected chi connectivity index (χ4v) is 4.25. The van der Waals surface area contributed by atoms with E-state index in [0.717, 1.165) is 31.5 Å². The first-order valence-corrected chi connectivity index (χ1v) is 8.38. The Morgan fingerprint density at radius 3 is 2.62 bits per heavy atom. The standard InChI is InChI=1S/C18H24N2O3.ClH/c1-2-20(15-8-4-3-5-9-15)16(21)12-19-11-14-7-6-10-18(14,13-19)17(22)23;/h3-5,8-9,14H,2,6-7,10-13H2,1H3,(H,22,23);1H/t14-,18+;/m0./s1. The minimum atomic E-state index is -0.689. The SMILES string of the molecule is CCN(C(=O)CN1C[C@@H]2CCC[C@@]2(C(=O)O)C1)c1ccccc1.Cl. The number of rotatable bonds is 5. The molecule has 0 bridgehead atoms. The van der Waals surface area contributed by atoms with Crippen LogP contribution >= 0.6 is 12.4 Å². The largest absolute Gasteiger partial charge is 0.481 e. The monoisotopic (exact) mass is 352 g/mol. The molecule has 6 heteroatoms. The Balaban J connectivity index is 0.00000208. The van der Waals surface area contributed by atoms with Crippen LogP contribution in [-0.2, 0) is 9.59 Å². The van der Waals surface area contributed by atoms with Gasteiger partial charge in [0.05, 0.1) is 12.0 Å². The number of amides is 1. The number of aliphatic carboxylic acids is 1. The number of nitrogens with zero attached hydrogens (tertiary/aromatic N) is 2. The number of hydrogen-bond acceptors (Lipinski definition) is 3. The summed E-state index contributed by atoms with van der Waals surface area (Å²) < 4.78 is 0. The van der Waals surface area contributed by atoms with Gasteiger partial charge in [-0.25, -0.2) is 0 Å². The van der Waals surface area contributed by atoms with Crippen molar-refractivity contribution in [3.63, 3.8) is 0 Å². The molecule has 1 saturated carbocycles. The first kappa shape index (κ1) is 18.7. The van der Waals surface area contributed by atoms with Crippen LogP contribution in [-0.4, -0.2) is 48.1 Å². The number of para-hydroxylation sites is 1. The summed E-state index contributed by atoms with van der Waals surface area (Å²) in [7, 11) is 0. The third kappa shape index (κ3) is 3.28. The Hall–Kier alpha value is -1.59. The van der Waals surface area contributed by atoms with E-state index in [4.69, 9.17) is 0 Å². The van der Waals surface area contributed by atoms with Crippen LogP contribution in [0.25, 0.3) is 0 Å². The minimum Gasteiger partial charge on any atom is -0.481 e. The highest BCUT2D eigenvalue weighted by Gasteiger charge is 2.54. The second-order valence-electron chi connectivity index (χ2n) is 6.69. The Kier molecular flexibility index (Phi) is 5.88. The number of carbonyl (C=O) groups is 2. The van der Waals surface area contributed by atoms with Crippen LogP contribution in [0, 0.1) is 11.3 Å². The van der Waals surface area contributed by atoms with Crippen LogP contribution in [0.1, 0.15) is 26.2 Å². The second kappa shape index (κ2) is 7.53. The third-order valence-electron chi connectivity index (χ3n) is 5.41. The molecule has 1 aliphatic carbocycles. The van der Waals surface area contributed by atoms with Crippen LogP contribution in [0.3, 0.4) is 0 Å². The lowest BCUT2D eigenvalue weighted by atomic mass is 9.81. The van der Waals surface area contributed by atoms with E-state index < -0.39 is 11.4 Å². The smallest absolute Gasteiger partial charge is 0.311 e. The van der Waals surface area contributed by atoms with E-state index >= 15 is 0 Å². The van der Waals surface area contributed by atoms with E-state index in [0.29, 0.717) is 19.6 Å². The number of likely N-dealkylation sites (tertiary alicyclic amines) is 1. The number of halogens is 1. The van der Waals surface area contributed by atoms with Gasteiger partial charge in [0.15, 0.2) is 0 Å². The van der Waals surface area contributed by atoms with Gasteiger partial charge < -0.3 is 10.0 Å². The van der Waals surface area contributed by atoms with Crippen molar-refractivity contribution in [1.29, 1.82) is 0 Å². The maximum Gasteiger partial charge on any atom is 0.311 e. The summed E-state index contributed by atoms with van der Waals surface area (Å²) >= 11 is 0. The molecule has 1 heterocycles. The van der Waals surface area contributed by atoms with Crippen molar-refractivity contribution in [2.75, 3.05) is 31.1 Å². The summed E-state index contributed by atoms with van der Waals surface area (Å²) in [6, 6.07) is 9.63. The number of likely N-dealkylation sites (N-methyl/N-ethyl adjacent to an activating group) is 1. The van der Waals surface area contributed by atoms with Gasteiger partial charge in [0.1, 0.15) is 0 Å². The molecule has 132 valence electrons. The van der Waals surface area contributed by atoms with Gasteiger partial charge in [-0.2, -0.15) is 0 Å². The molecular formula is C18H25ClN2O3. The lowest BCUT2D eigenvalue weighted by Crippen LogP contribution is -2.41. The molecule has 1 amide bonds. The molecule has 1 aliphatic heterocycles. The summed E-state index contributed by atoms with van der Waals surface area (Å²) in [4.78, 5) is 28.2. The van der Waals surface area contributed by atoms with Gasteiger partial charge in [-0.05, 0) is 37.8 Å². The Bertz CT molecular complexity index is 595. The predicted molar refractivity (Wildman–Crippen MR) is 95.6 cm³/mol. The summed E-state index contributed by atoms with van der Waals surface area (Å²) in [5.74, 6) is -0.454. The van der Waals surface area contributed by atoms with Crippen molar-refractivity contribution < 1.29 is 14.7 Å². The van der Waals surface area contributed by atoms with E-state index in [1.165, 1.54) is 0 Å². The molecule has 2 aliphatic rings. The zero-order valence-electron chi connectivity index (χ0n) is 14.0. The molecule has 1 aromatic rings. The number of carbonyl (C=O) groups excluding carboxylic acids is 1. The molecule has 24 heavy (non-hydrogen) atoms. The van der Waals surface area contributed by atoms with Crippen molar-refractivity contribution in [3.05, 3.63) is 30.3 Å². The predicted octanol–water partition coefficient (Wildman–Crippen LogP) is 2.65. The fourth-order valence-electron chi connectivity index (χ4n) is 4.25. The van der Waals surface area contributed by atoms with Crippen molar-refractivity contribution in [2.24, 2.45) is 11.3 Å². The molecule has 1 N–H and O–H groups in total. The fraction of sp³-hybridized carbons (Fsp3) is 0.556. The first-order chi connectivity index (χ1) is 11.1. The highest BCUT2D eigenvalue weighted by atomic mass is 35.5. The number of anilines is 1. The lowest BCUT2D eigenvalue weighted by molar-refractivity contribution is -0.149.